The summed E-state index contributed by atoms with van der Waals surface area (Å²) in [7, 11) is 0. The number of hydrogen-bond acceptors (Lipinski definition) is 3. The van der Waals surface area contributed by atoms with Gasteiger partial charge in [-0.25, -0.2) is 0 Å². The van der Waals surface area contributed by atoms with Gasteiger partial charge in [0.05, 0.1) is 11.3 Å². The van der Waals surface area contributed by atoms with Gasteiger partial charge in [0.2, 0.25) is 0 Å². The first-order valence-electron chi connectivity index (χ1n) is 6.01. The first-order chi connectivity index (χ1) is 8.57. The Kier molecular flexibility index (Phi) is 4.19. The summed E-state index contributed by atoms with van der Waals surface area (Å²) in [5.41, 5.74) is -0.469. The molecule has 0 bridgehead atoms. The Bertz CT molecular complexity index is 386. The van der Waals surface area contributed by atoms with Gasteiger partial charge in [0.15, 0.2) is 0 Å². The lowest BCUT2D eigenvalue weighted by Gasteiger charge is -2.27. The molecule has 100 valence electrons. The van der Waals surface area contributed by atoms with Crippen LogP contribution in [0.3, 0.4) is 0 Å². The second kappa shape index (κ2) is 5.67. The molecule has 1 aromatic heterocycles. The Balaban J connectivity index is 2.00. The topological polar surface area (TPSA) is 28.2 Å². The lowest BCUT2D eigenvalue weighted by atomic mass is 10.1. The minimum absolute atomic E-state index is 0.142. The zero-order chi connectivity index (χ0) is 13.0. The minimum atomic E-state index is -4.31. The molecular weight excluding hydrogens is 243 g/mol. The van der Waals surface area contributed by atoms with E-state index < -0.39 is 11.7 Å². The van der Waals surface area contributed by atoms with Crippen molar-refractivity contribution in [2.24, 2.45) is 0 Å². The molecule has 2 rings (SSSR count). The molecule has 1 N–H and O–H groups in total. The Morgan fingerprint density at radius 3 is 2.67 bits per heavy atom. The van der Waals surface area contributed by atoms with Gasteiger partial charge in [-0.3, -0.25) is 4.98 Å². The third kappa shape index (κ3) is 3.43. The SMILES string of the molecule is FC(F)(F)c1cccnc1CCN1CCNCC1. The van der Waals surface area contributed by atoms with Gasteiger partial charge in [0.25, 0.3) is 0 Å². The molecule has 0 aromatic carbocycles. The average molecular weight is 259 g/mol. The Hall–Kier alpha value is -1.14. The second-order valence-corrected chi connectivity index (χ2v) is 4.34. The van der Waals surface area contributed by atoms with Gasteiger partial charge in [-0.1, -0.05) is 0 Å². The van der Waals surface area contributed by atoms with Gasteiger partial charge in [0, 0.05) is 45.3 Å². The summed E-state index contributed by atoms with van der Waals surface area (Å²) >= 11 is 0. The van der Waals surface area contributed by atoms with Crippen LogP contribution >= 0.6 is 0 Å². The van der Waals surface area contributed by atoms with Crippen molar-refractivity contribution < 1.29 is 13.2 Å². The number of nitrogens with zero attached hydrogens (tertiary/aromatic N) is 2. The van der Waals surface area contributed by atoms with Crippen LogP contribution < -0.4 is 5.32 Å². The molecule has 1 saturated heterocycles. The average Bonchev–Trinajstić information content (AvgIpc) is 2.37. The molecule has 0 radical (unpaired) electrons. The summed E-state index contributed by atoms with van der Waals surface area (Å²) in [5, 5.41) is 3.21. The van der Waals surface area contributed by atoms with Crippen LogP contribution in [0.4, 0.5) is 13.2 Å². The van der Waals surface area contributed by atoms with E-state index in [0.29, 0.717) is 13.0 Å². The molecule has 0 amide bonds. The summed E-state index contributed by atoms with van der Waals surface area (Å²) < 4.78 is 38.3. The first kappa shape index (κ1) is 13.3. The number of alkyl halides is 3. The van der Waals surface area contributed by atoms with Crippen molar-refractivity contribution >= 4 is 0 Å². The van der Waals surface area contributed by atoms with Crippen molar-refractivity contribution in [1.82, 2.24) is 15.2 Å². The third-order valence-electron chi connectivity index (χ3n) is 3.07. The van der Waals surface area contributed by atoms with Gasteiger partial charge < -0.3 is 10.2 Å². The molecule has 1 fully saturated rings. The summed E-state index contributed by atoms with van der Waals surface area (Å²) in [6.45, 7) is 4.19. The quantitative estimate of drug-likeness (QED) is 0.892. The number of nitrogens with one attached hydrogen (secondary N) is 1. The zero-order valence-electron chi connectivity index (χ0n) is 10.0. The van der Waals surface area contributed by atoms with Crippen LogP contribution in [-0.4, -0.2) is 42.6 Å². The molecule has 0 spiro atoms. The van der Waals surface area contributed by atoms with E-state index in [1.54, 1.807) is 0 Å². The van der Waals surface area contributed by atoms with E-state index in [9.17, 15) is 13.2 Å². The van der Waals surface area contributed by atoms with Crippen LogP contribution in [0.1, 0.15) is 11.3 Å². The molecule has 0 aliphatic carbocycles. The van der Waals surface area contributed by atoms with E-state index >= 15 is 0 Å². The fourth-order valence-corrected chi connectivity index (χ4v) is 2.09. The molecule has 1 aromatic rings. The summed E-state index contributed by atoms with van der Waals surface area (Å²) in [6, 6.07) is 2.43. The molecule has 0 unspecified atom stereocenters. The van der Waals surface area contributed by atoms with Crippen molar-refractivity contribution in [3.63, 3.8) is 0 Å². The standard InChI is InChI=1S/C12H16F3N3/c13-12(14,15)10-2-1-4-17-11(10)3-7-18-8-5-16-6-9-18/h1-2,4,16H,3,5-9H2. The van der Waals surface area contributed by atoms with Crippen LogP contribution in [0.25, 0.3) is 0 Å². The van der Waals surface area contributed by atoms with E-state index in [-0.39, 0.29) is 5.69 Å². The predicted octanol–water partition coefficient (Wildman–Crippen LogP) is 1.55. The molecule has 6 heteroatoms. The van der Waals surface area contributed by atoms with Crippen LogP contribution in [0.2, 0.25) is 0 Å². The van der Waals surface area contributed by atoms with Gasteiger partial charge >= 0.3 is 6.18 Å². The fraction of sp³-hybridized carbons (Fsp3) is 0.583. The van der Waals surface area contributed by atoms with Crippen LogP contribution in [0.5, 0.6) is 0 Å². The number of halogens is 3. The highest BCUT2D eigenvalue weighted by atomic mass is 19.4. The van der Waals surface area contributed by atoms with Crippen molar-refractivity contribution in [2.75, 3.05) is 32.7 Å². The first-order valence-corrected chi connectivity index (χ1v) is 6.01. The Labute approximate surface area is 104 Å². The molecule has 2 heterocycles. The second-order valence-electron chi connectivity index (χ2n) is 4.34. The number of piperazine rings is 1. The molecule has 1 aliphatic heterocycles. The van der Waals surface area contributed by atoms with Gasteiger partial charge in [-0.05, 0) is 12.1 Å². The Morgan fingerprint density at radius 2 is 2.00 bits per heavy atom. The van der Waals surface area contributed by atoms with Crippen molar-refractivity contribution in [3.8, 4) is 0 Å². The van der Waals surface area contributed by atoms with E-state index in [1.165, 1.54) is 12.3 Å². The fourth-order valence-electron chi connectivity index (χ4n) is 2.09. The summed E-state index contributed by atoms with van der Waals surface area (Å²) in [6.07, 6.45) is -2.55. The van der Waals surface area contributed by atoms with Gasteiger partial charge in [-0.2, -0.15) is 13.2 Å². The lowest BCUT2D eigenvalue weighted by molar-refractivity contribution is -0.138. The monoisotopic (exact) mass is 259 g/mol. The van der Waals surface area contributed by atoms with E-state index in [4.69, 9.17) is 0 Å². The van der Waals surface area contributed by atoms with Crippen molar-refractivity contribution in [3.05, 3.63) is 29.6 Å². The van der Waals surface area contributed by atoms with Gasteiger partial charge in [-0.15, -0.1) is 0 Å². The predicted molar refractivity (Wildman–Crippen MR) is 62.3 cm³/mol. The molecule has 3 nitrogen and oxygen atoms in total. The number of rotatable bonds is 3. The Morgan fingerprint density at radius 1 is 1.28 bits per heavy atom. The largest absolute Gasteiger partial charge is 0.418 e. The molecule has 0 atom stereocenters. The molecule has 1 aliphatic rings. The highest BCUT2D eigenvalue weighted by molar-refractivity contribution is 5.23. The molecule has 18 heavy (non-hydrogen) atoms. The van der Waals surface area contributed by atoms with E-state index in [2.05, 4.69) is 15.2 Å². The number of hydrogen-bond donors (Lipinski definition) is 1. The number of pyridine rings is 1. The minimum Gasteiger partial charge on any atom is -0.314 e. The maximum Gasteiger partial charge on any atom is 0.418 e. The van der Waals surface area contributed by atoms with Crippen molar-refractivity contribution in [2.45, 2.75) is 12.6 Å². The van der Waals surface area contributed by atoms with Crippen LogP contribution in [0, 0.1) is 0 Å². The number of aromatic nitrogens is 1. The molecule has 0 saturated carbocycles. The van der Waals surface area contributed by atoms with E-state index in [1.807, 2.05) is 0 Å². The maximum absolute atomic E-state index is 12.8. The van der Waals surface area contributed by atoms with E-state index in [0.717, 1.165) is 32.2 Å². The molecular formula is C12H16F3N3. The zero-order valence-corrected chi connectivity index (χ0v) is 10.0. The summed E-state index contributed by atoms with van der Waals surface area (Å²) in [4.78, 5) is 6.03. The highest BCUT2D eigenvalue weighted by Crippen LogP contribution is 2.31. The smallest absolute Gasteiger partial charge is 0.314 e. The maximum atomic E-state index is 12.8. The third-order valence-corrected chi connectivity index (χ3v) is 3.07. The van der Waals surface area contributed by atoms with Crippen LogP contribution in [-0.2, 0) is 12.6 Å². The highest BCUT2D eigenvalue weighted by Gasteiger charge is 2.33. The normalized spacial score (nSPS) is 17.9. The summed E-state index contributed by atoms with van der Waals surface area (Å²) in [5.74, 6) is 0. The lowest BCUT2D eigenvalue weighted by Crippen LogP contribution is -2.44. The van der Waals surface area contributed by atoms with Crippen molar-refractivity contribution in [1.29, 1.82) is 0 Å². The van der Waals surface area contributed by atoms with Gasteiger partial charge in [0.1, 0.15) is 0 Å². The van der Waals surface area contributed by atoms with Crippen LogP contribution in [0.15, 0.2) is 18.3 Å².